The van der Waals surface area contributed by atoms with Gasteiger partial charge in [-0.3, -0.25) is 4.79 Å². The van der Waals surface area contributed by atoms with E-state index in [1.165, 1.54) is 20.0 Å². The molecule has 0 aromatic rings. The molecule has 0 aliphatic rings. The van der Waals surface area contributed by atoms with Crippen LogP contribution in [0, 0.1) is 0 Å². The van der Waals surface area contributed by atoms with Gasteiger partial charge in [-0.05, 0) is 19.3 Å². The molecule has 0 rings (SSSR count). The van der Waals surface area contributed by atoms with Crippen LogP contribution >= 0.6 is 23.2 Å². The van der Waals surface area contributed by atoms with Crippen LogP contribution in [0.2, 0.25) is 0 Å². The number of carbonyl (C=O) groups is 1. The molecule has 0 aliphatic heterocycles. The van der Waals surface area contributed by atoms with Gasteiger partial charge >= 0.3 is 5.97 Å². The Kier molecular flexibility index (Phi) is 13.1. The maximum Gasteiger partial charge on any atom is 0.305 e. The first-order valence-electron chi connectivity index (χ1n) is 7.46. The van der Waals surface area contributed by atoms with E-state index in [0.29, 0.717) is 6.42 Å². The summed E-state index contributed by atoms with van der Waals surface area (Å²) in [7, 11) is 1.43. The SMILES string of the molecule is CCCC[C@H](Cl)[C@H](Cl)CCCCCCCC(=O)OC. The van der Waals surface area contributed by atoms with Gasteiger partial charge in [-0.25, -0.2) is 0 Å². The van der Waals surface area contributed by atoms with Crippen molar-refractivity contribution in [2.75, 3.05) is 7.11 Å². The zero-order valence-corrected chi connectivity index (χ0v) is 13.8. The number of carbonyl (C=O) groups excluding carboxylic acids is 1. The zero-order chi connectivity index (χ0) is 14.5. The predicted octanol–water partition coefficient (Wildman–Crippen LogP) is 5.30. The number of ether oxygens (including phenoxy) is 1. The number of alkyl halides is 2. The molecule has 0 unspecified atom stereocenters. The van der Waals surface area contributed by atoms with Crippen molar-refractivity contribution in [2.45, 2.75) is 81.9 Å². The molecule has 0 amide bonds. The lowest BCUT2D eigenvalue weighted by atomic mass is 10.0. The number of hydrogen-bond donors (Lipinski definition) is 0. The normalized spacial score (nSPS) is 14.1. The molecule has 0 aromatic carbocycles. The van der Waals surface area contributed by atoms with Crippen LogP contribution in [0.3, 0.4) is 0 Å². The third-order valence-corrected chi connectivity index (χ3v) is 4.49. The molecule has 0 radical (unpaired) electrons. The largest absolute Gasteiger partial charge is 0.469 e. The molecule has 0 spiro atoms. The van der Waals surface area contributed by atoms with Crippen LogP contribution in [0.4, 0.5) is 0 Å². The number of hydrogen-bond acceptors (Lipinski definition) is 2. The number of esters is 1. The van der Waals surface area contributed by atoms with Crippen LogP contribution in [-0.4, -0.2) is 23.8 Å². The van der Waals surface area contributed by atoms with E-state index in [1.54, 1.807) is 0 Å². The van der Waals surface area contributed by atoms with E-state index >= 15 is 0 Å². The number of unbranched alkanes of at least 4 members (excludes halogenated alkanes) is 5. The van der Waals surface area contributed by atoms with Crippen LogP contribution < -0.4 is 0 Å². The van der Waals surface area contributed by atoms with E-state index < -0.39 is 0 Å². The molecule has 0 N–H and O–H groups in total. The van der Waals surface area contributed by atoms with Gasteiger partial charge in [-0.1, -0.05) is 45.4 Å². The van der Waals surface area contributed by atoms with Crippen LogP contribution in [0.25, 0.3) is 0 Å². The van der Waals surface area contributed by atoms with Gasteiger partial charge < -0.3 is 4.74 Å². The minimum absolute atomic E-state index is 0.100. The van der Waals surface area contributed by atoms with Crippen molar-refractivity contribution in [1.29, 1.82) is 0 Å². The Bertz CT molecular complexity index is 222. The van der Waals surface area contributed by atoms with Crippen molar-refractivity contribution in [2.24, 2.45) is 0 Å². The van der Waals surface area contributed by atoms with Gasteiger partial charge in [0, 0.05) is 17.2 Å². The summed E-state index contributed by atoms with van der Waals surface area (Å²) in [6.45, 7) is 2.17. The summed E-state index contributed by atoms with van der Waals surface area (Å²) in [5.41, 5.74) is 0. The van der Waals surface area contributed by atoms with Gasteiger partial charge in [0.2, 0.25) is 0 Å². The first kappa shape index (κ1) is 19.1. The van der Waals surface area contributed by atoms with Crippen molar-refractivity contribution < 1.29 is 9.53 Å². The third-order valence-electron chi connectivity index (χ3n) is 3.31. The smallest absolute Gasteiger partial charge is 0.305 e. The Morgan fingerprint density at radius 2 is 1.47 bits per heavy atom. The fraction of sp³-hybridized carbons (Fsp3) is 0.933. The van der Waals surface area contributed by atoms with Gasteiger partial charge in [-0.15, -0.1) is 23.2 Å². The lowest BCUT2D eigenvalue weighted by Gasteiger charge is -2.15. The summed E-state index contributed by atoms with van der Waals surface area (Å²) < 4.78 is 4.60. The second kappa shape index (κ2) is 13.1. The first-order valence-corrected chi connectivity index (χ1v) is 8.34. The van der Waals surface area contributed by atoms with Gasteiger partial charge in [0.25, 0.3) is 0 Å². The van der Waals surface area contributed by atoms with E-state index in [9.17, 15) is 4.79 Å². The first-order chi connectivity index (χ1) is 9.11. The summed E-state index contributed by atoms with van der Waals surface area (Å²) in [6, 6.07) is 0. The fourth-order valence-electron chi connectivity index (χ4n) is 2.00. The topological polar surface area (TPSA) is 26.3 Å². The summed E-state index contributed by atoms with van der Waals surface area (Å²) in [6.07, 6.45) is 10.3. The maximum absolute atomic E-state index is 10.9. The molecule has 0 fully saturated rings. The van der Waals surface area contributed by atoms with Crippen molar-refractivity contribution in [3.05, 3.63) is 0 Å². The Hall–Kier alpha value is 0.0500. The Balaban J connectivity index is 3.35. The molecular formula is C15H28Cl2O2. The molecule has 19 heavy (non-hydrogen) atoms. The van der Waals surface area contributed by atoms with E-state index in [0.717, 1.165) is 44.9 Å². The molecule has 0 saturated carbocycles. The van der Waals surface area contributed by atoms with Crippen molar-refractivity contribution in [3.63, 3.8) is 0 Å². The second-order valence-corrected chi connectivity index (χ2v) is 6.18. The molecule has 2 nitrogen and oxygen atoms in total. The molecule has 0 bridgehead atoms. The molecule has 114 valence electrons. The summed E-state index contributed by atoms with van der Waals surface area (Å²) in [5.74, 6) is -0.110. The molecule has 0 aromatic heterocycles. The van der Waals surface area contributed by atoms with Crippen LogP contribution in [0.5, 0.6) is 0 Å². The summed E-state index contributed by atoms with van der Waals surface area (Å²) >= 11 is 12.5. The fourth-order valence-corrected chi connectivity index (χ4v) is 2.56. The number of methoxy groups -OCH3 is 1. The van der Waals surface area contributed by atoms with Crippen molar-refractivity contribution in [3.8, 4) is 0 Å². The third kappa shape index (κ3) is 11.6. The molecule has 0 aliphatic carbocycles. The summed E-state index contributed by atoms with van der Waals surface area (Å²) in [5, 5.41) is 0.212. The minimum Gasteiger partial charge on any atom is -0.469 e. The monoisotopic (exact) mass is 310 g/mol. The maximum atomic E-state index is 10.9. The Labute approximate surface area is 128 Å². The van der Waals surface area contributed by atoms with E-state index in [-0.39, 0.29) is 16.7 Å². The number of halogens is 2. The van der Waals surface area contributed by atoms with Crippen LogP contribution in [0.15, 0.2) is 0 Å². The van der Waals surface area contributed by atoms with E-state index in [1.807, 2.05) is 0 Å². The standard InChI is InChI=1S/C15H28Cl2O2/c1-3-4-10-13(16)14(17)11-8-6-5-7-9-12-15(18)19-2/h13-14H,3-12H2,1-2H3/t13-,14+/m0/s1. The van der Waals surface area contributed by atoms with Crippen molar-refractivity contribution >= 4 is 29.2 Å². The molecular weight excluding hydrogens is 283 g/mol. The highest BCUT2D eigenvalue weighted by molar-refractivity contribution is 6.29. The Morgan fingerprint density at radius 3 is 2.05 bits per heavy atom. The average molecular weight is 311 g/mol. The van der Waals surface area contributed by atoms with Crippen LogP contribution in [-0.2, 0) is 9.53 Å². The minimum atomic E-state index is -0.110. The molecule has 0 heterocycles. The highest BCUT2D eigenvalue weighted by Crippen LogP contribution is 2.22. The van der Waals surface area contributed by atoms with Gasteiger partial charge in [-0.2, -0.15) is 0 Å². The Morgan fingerprint density at radius 1 is 0.947 bits per heavy atom. The van der Waals surface area contributed by atoms with Crippen molar-refractivity contribution in [1.82, 2.24) is 0 Å². The zero-order valence-electron chi connectivity index (χ0n) is 12.3. The second-order valence-electron chi connectivity index (χ2n) is 5.06. The van der Waals surface area contributed by atoms with E-state index in [4.69, 9.17) is 23.2 Å². The molecule has 0 saturated heterocycles. The summed E-state index contributed by atoms with van der Waals surface area (Å²) in [4.78, 5) is 10.9. The molecule has 4 heteroatoms. The quantitative estimate of drug-likeness (QED) is 0.278. The van der Waals surface area contributed by atoms with Gasteiger partial charge in [0.05, 0.1) is 7.11 Å². The van der Waals surface area contributed by atoms with Gasteiger partial charge in [0.15, 0.2) is 0 Å². The predicted molar refractivity (Wildman–Crippen MR) is 83.1 cm³/mol. The van der Waals surface area contributed by atoms with Gasteiger partial charge in [0.1, 0.15) is 0 Å². The number of rotatable bonds is 12. The molecule has 2 atom stereocenters. The lowest BCUT2D eigenvalue weighted by Crippen LogP contribution is -2.14. The highest BCUT2D eigenvalue weighted by Gasteiger charge is 2.15. The highest BCUT2D eigenvalue weighted by atomic mass is 35.5. The average Bonchev–Trinajstić information content (AvgIpc) is 2.42. The lowest BCUT2D eigenvalue weighted by molar-refractivity contribution is -0.140. The van der Waals surface area contributed by atoms with E-state index in [2.05, 4.69) is 11.7 Å². The van der Waals surface area contributed by atoms with Crippen LogP contribution in [0.1, 0.15) is 71.1 Å².